The monoisotopic (exact) mass is 308 g/mol. The zero-order valence-electron chi connectivity index (χ0n) is 10.3. The Morgan fingerprint density at radius 3 is 2.59 bits per heavy atom. The summed E-state index contributed by atoms with van der Waals surface area (Å²) >= 11 is 0. The van der Waals surface area contributed by atoms with Gasteiger partial charge in [-0.05, 0) is 18.9 Å². The van der Waals surface area contributed by atoms with E-state index in [1.807, 2.05) is 0 Å². The molecule has 0 radical (unpaired) electrons. The SMILES string of the molecule is CC[Si]1(C23CCCCC2O3)O[SiH2]O[SiH2]O[SiH2]O1. The first-order valence-electron chi connectivity index (χ1n) is 6.44. The van der Waals surface area contributed by atoms with Gasteiger partial charge in [0.15, 0.2) is 0 Å². The molecular weight excluding hydrogens is 288 g/mol. The van der Waals surface area contributed by atoms with E-state index in [1.54, 1.807) is 0 Å². The Labute approximate surface area is 110 Å². The van der Waals surface area contributed by atoms with E-state index in [1.165, 1.54) is 19.3 Å². The molecule has 3 rings (SSSR count). The number of hydrogen-bond donors (Lipinski definition) is 0. The lowest BCUT2D eigenvalue weighted by Gasteiger charge is -2.38. The highest BCUT2D eigenvalue weighted by molar-refractivity contribution is 6.78. The second-order valence-corrected chi connectivity index (χ2v) is 14.2. The third-order valence-electron chi connectivity index (χ3n) is 4.11. The van der Waals surface area contributed by atoms with Crippen molar-refractivity contribution in [3.63, 3.8) is 0 Å². The summed E-state index contributed by atoms with van der Waals surface area (Å²) < 4.78 is 29.6. The van der Waals surface area contributed by atoms with Gasteiger partial charge in [0, 0.05) is 0 Å². The fraction of sp³-hybridized carbons (Fsp3) is 1.00. The maximum Gasteiger partial charge on any atom is 0.355 e. The van der Waals surface area contributed by atoms with Crippen LogP contribution in [0.4, 0.5) is 0 Å². The van der Waals surface area contributed by atoms with Crippen LogP contribution in [0.5, 0.6) is 0 Å². The number of rotatable bonds is 2. The largest absolute Gasteiger partial charge is 0.425 e. The summed E-state index contributed by atoms with van der Waals surface area (Å²) in [5, 5.41) is -0.0361. The Kier molecular flexibility index (Phi) is 3.72. The highest BCUT2D eigenvalue weighted by atomic mass is 28.5. The Balaban J connectivity index is 1.79. The van der Waals surface area contributed by atoms with E-state index in [9.17, 15) is 0 Å². The van der Waals surface area contributed by atoms with E-state index in [4.69, 9.17) is 21.2 Å². The van der Waals surface area contributed by atoms with Gasteiger partial charge in [0.2, 0.25) is 0 Å². The predicted octanol–water partition coefficient (Wildman–Crippen LogP) is -1.22. The smallest absolute Gasteiger partial charge is 0.355 e. The Morgan fingerprint density at radius 1 is 1.18 bits per heavy atom. The van der Waals surface area contributed by atoms with Crippen molar-refractivity contribution in [3.05, 3.63) is 0 Å². The van der Waals surface area contributed by atoms with Crippen molar-refractivity contribution in [2.75, 3.05) is 0 Å². The molecule has 2 unspecified atom stereocenters. The first-order valence-corrected chi connectivity index (χ1v) is 11.9. The van der Waals surface area contributed by atoms with Crippen LogP contribution in [0, 0.1) is 0 Å². The van der Waals surface area contributed by atoms with E-state index >= 15 is 0 Å². The normalized spacial score (nSPS) is 51.0. The van der Waals surface area contributed by atoms with Crippen molar-refractivity contribution in [1.82, 2.24) is 0 Å². The Morgan fingerprint density at radius 2 is 1.94 bits per heavy atom. The van der Waals surface area contributed by atoms with Crippen LogP contribution in [0.1, 0.15) is 32.6 Å². The average Bonchev–Trinajstić information content (AvgIpc) is 3.05. The molecule has 17 heavy (non-hydrogen) atoms. The van der Waals surface area contributed by atoms with Gasteiger partial charge < -0.3 is 21.2 Å². The first kappa shape index (κ1) is 12.7. The molecule has 2 saturated heterocycles. The summed E-state index contributed by atoms with van der Waals surface area (Å²) in [7, 11) is -4.81. The van der Waals surface area contributed by atoms with Crippen LogP contribution in [-0.4, -0.2) is 49.9 Å². The second-order valence-electron chi connectivity index (χ2n) is 4.90. The molecule has 0 bridgehead atoms. The van der Waals surface area contributed by atoms with Crippen LogP contribution in [0.15, 0.2) is 0 Å². The average molecular weight is 309 g/mol. The molecule has 0 amide bonds. The number of hydrogen-bond acceptors (Lipinski definition) is 5. The molecule has 1 aliphatic carbocycles. The number of epoxide rings is 1. The van der Waals surface area contributed by atoms with Crippen molar-refractivity contribution in [1.29, 1.82) is 0 Å². The van der Waals surface area contributed by atoms with Gasteiger partial charge in [0.05, 0.1) is 6.10 Å². The molecule has 0 spiro atoms. The Bertz CT molecular complexity index is 285. The number of ether oxygens (including phenoxy) is 1. The lowest BCUT2D eigenvalue weighted by atomic mass is 10.0. The molecule has 0 aromatic rings. The van der Waals surface area contributed by atoms with Crippen LogP contribution in [-0.2, 0) is 21.2 Å². The second kappa shape index (κ2) is 4.98. The zero-order valence-corrected chi connectivity index (χ0v) is 15.5. The van der Waals surface area contributed by atoms with Crippen molar-refractivity contribution in [2.45, 2.75) is 50.0 Å². The maximum atomic E-state index is 6.20. The summed E-state index contributed by atoms with van der Waals surface area (Å²) in [6, 6.07) is 0.970. The van der Waals surface area contributed by atoms with Gasteiger partial charge in [0.1, 0.15) is 5.22 Å². The summed E-state index contributed by atoms with van der Waals surface area (Å²) in [5.41, 5.74) is 0. The van der Waals surface area contributed by atoms with Crippen LogP contribution >= 0.6 is 0 Å². The minimum absolute atomic E-state index is 0.0361. The Hall–Kier alpha value is 0.668. The fourth-order valence-electron chi connectivity index (χ4n) is 3.16. The summed E-state index contributed by atoms with van der Waals surface area (Å²) in [4.78, 5) is 0. The molecule has 1 saturated carbocycles. The fourth-order valence-corrected chi connectivity index (χ4v) is 15.7. The molecule has 3 aliphatic rings. The van der Waals surface area contributed by atoms with Gasteiger partial charge >= 0.3 is 8.56 Å². The van der Waals surface area contributed by atoms with Crippen LogP contribution in [0.25, 0.3) is 0 Å². The van der Waals surface area contributed by atoms with E-state index in [0.29, 0.717) is 6.10 Å². The summed E-state index contributed by atoms with van der Waals surface area (Å²) in [6.45, 7) is 2.18. The summed E-state index contributed by atoms with van der Waals surface area (Å²) in [6.07, 6.45) is 5.24. The molecule has 2 aliphatic heterocycles. The van der Waals surface area contributed by atoms with Crippen LogP contribution in [0.2, 0.25) is 6.04 Å². The molecule has 0 N–H and O–H groups in total. The van der Waals surface area contributed by atoms with Crippen LogP contribution in [0.3, 0.4) is 0 Å². The van der Waals surface area contributed by atoms with E-state index < -0.39 is 38.6 Å². The molecule has 0 aromatic carbocycles. The lowest BCUT2D eigenvalue weighted by Crippen LogP contribution is -2.60. The van der Waals surface area contributed by atoms with Crippen molar-refractivity contribution in [2.24, 2.45) is 0 Å². The molecule has 9 heteroatoms. The van der Waals surface area contributed by atoms with E-state index in [0.717, 1.165) is 12.5 Å². The summed E-state index contributed by atoms with van der Waals surface area (Å²) in [5.74, 6) is 0. The predicted molar refractivity (Wildman–Crippen MR) is 72.3 cm³/mol. The van der Waals surface area contributed by atoms with Crippen LogP contribution < -0.4 is 0 Å². The van der Waals surface area contributed by atoms with Crippen molar-refractivity contribution in [3.8, 4) is 0 Å². The van der Waals surface area contributed by atoms with Gasteiger partial charge in [-0.2, -0.15) is 0 Å². The first-order chi connectivity index (χ1) is 8.33. The van der Waals surface area contributed by atoms with Gasteiger partial charge in [-0.15, -0.1) is 0 Å². The molecule has 5 nitrogen and oxygen atoms in total. The standard InChI is InChI=1S/C8H20O5Si4/c1-2-17(12-15-10-14-11-16-13-17)8-6-4-3-5-7(8)9-8/h7H,2-6,14-16H2,1H3. The molecule has 3 fully saturated rings. The van der Waals surface area contributed by atoms with E-state index in [2.05, 4.69) is 6.92 Å². The third-order valence-corrected chi connectivity index (χ3v) is 14.4. The quantitative estimate of drug-likeness (QED) is 0.473. The van der Waals surface area contributed by atoms with Gasteiger partial charge in [-0.1, -0.05) is 19.8 Å². The molecule has 98 valence electrons. The third kappa shape index (κ3) is 2.07. The minimum Gasteiger partial charge on any atom is -0.425 e. The van der Waals surface area contributed by atoms with Gasteiger partial charge in [0.25, 0.3) is 30.0 Å². The minimum atomic E-state index is -2.22. The topological polar surface area (TPSA) is 49.5 Å². The van der Waals surface area contributed by atoms with Crippen molar-refractivity contribution < 1.29 is 21.2 Å². The lowest BCUT2D eigenvalue weighted by molar-refractivity contribution is 0.240. The maximum absolute atomic E-state index is 6.20. The van der Waals surface area contributed by atoms with E-state index in [-0.39, 0.29) is 5.22 Å². The van der Waals surface area contributed by atoms with Gasteiger partial charge in [-0.25, -0.2) is 0 Å². The highest BCUT2D eigenvalue weighted by Crippen LogP contribution is 2.54. The van der Waals surface area contributed by atoms with Gasteiger partial charge in [-0.3, -0.25) is 0 Å². The molecular formula is C8H20O5Si4. The molecule has 0 aromatic heterocycles. The molecule has 2 atom stereocenters. The molecule has 2 heterocycles. The number of fused-ring (bicyclic) bond motifs is 1. The zero-order chi connectivity index (χ0) is 11.8. The highest BCUT2D eigenvalue weighted by Gasteiger charge is 2.72. The van der Waals surface area contributed by atoms with Crippen molar-refractivity contribution >= 4 is 38.6 Å².